The lowest BCUT2D eigenvalue weighted by Crippen LogP contribution is -2.28. The van der Waals surface area contributed by atoms with Crippen LogP contribution in [0.3, 0.4) is 0 Å². The first kappa shape index (κ1) is 16.4. The molecule has 0 atom stereocenters. The number of thiocarbonyl (C=S) groups is 1. The molecule has 0 heterocycles. The standard InChI is InChI=1S/C14H22BrN3S/c1-10(2)18(3)8-4-7-17-13-6-5-11(15)9-12(13)14(16)19/h5-6,9-10,17H,4,7-8H2,1-3H3,(H2,16,19). The Balaban J connectivity index is 2.52. The highest BCUT2D eigenvalue weighted by atomic mass is 79.9. The second kappa shape index (κ2) is 7.82. The number of halogens is 1. The van der Waals surface area contributed by atoms with Gasteiger partial charge in [-0.1, -0.05) is 28.1 Å². The second-order valence-electron chi connectivity index (χ2n) is 4.91. The molecule has 19 heavy (non-hydrogen) atoms. The number of rotatable bonds is 7. The molecule has 0 spiro atoms. The van der Waals surface area contributed by atoms with Crippen LogP contribution in [0.1, 0.15) is 25.8 Å². The molecular formula is C14H22BrN3S. The summed E-state index contributed by atoms with van der Waals surface area (Å²) in [5.74, 6) is 0. The Kier molecular flexibility index (Phi) is 6.75. The number of nitrogens with one attached hydrogen (secondary N) is 1. The zero-order chi connectivity index (χ0) is 14.4. The van der Waals surface area contributed by atoms with Crippen molar-refractivity contribution in [3.8, 4) is 0 Å². The average Bonchev–Trinajstić information content (AvgIpc) is 2.35. The van der Waals surface area contributed by atoms with Crippen molar-refractivity contribution < 1.29 is 0 Å². The van der Waals surface area contributed by atoms with E-state index in [2.05, 4.69) is 47.0 Å². The smallest absolute Gasteiger partial charge is 0.106 e. The van der Waals surface area contributed by atoms with Crippen LogP contribution in [0.2, 0.25) is 0 Å². The lowest BCUT2D eigenvalue weighted by molar-refractivity contribution is 0.273. The van der Waals surface area contributed by atoms with E-state index in [1.807, 2.05) is 18.2 Å². The van der Waals surface area contributed by atoms with Gasteiger partial charge in [-0.05, 0) is 52.1 Å². The van der Waals surface area contributed by atoms with Crippen molar-refractivity contribution in [2.75, 3.05) is 25.5 Å². The fourth-order valence-corrected chi connectivity index (χ4v) is 2.21. The highest BCUT2D eigenvalue weighted by Crippen LogP contribution is 2.21. The van der Waals surface area contributed by atoms with Crippen LogP contribution in [-0.2, 0) is 0 Å². The molecule has 0 aliphatic carbocycles. The summed E-state index contributed by atoms with van der Waals surface area (Å²) in [6, 6.07) is 6.53. The second-order valence-corrected chi connectivity index (χ2v) is 6.26. The maximum atomic E-state index is 5.74. The third-order valence-corrected chi connectivity index (χ3v) is 3.84. The molecule has 0 saturated carbocycles. The Morgan fingerprint density at radius 2 is 2.16 bits per heavy atom. The minimum absolute atomic E-state index is 0.420. The molecule has 0 saturated heterocycles. The third-order valence-electron chi connectivity index (χ3n) is 3.13. The Morgan fingerprint density at radius 1 is 1.47 bits per heavy atom. The van der Waals surface area contributed by atoms with Gasteiger partial charge < -0.3 is 16.0 Å². The largest absolute Gasteiger partial charge is 0.389 e. The van der Waals surface area contributed by atoms with Gasteiger partial charge in [-0.15, -0.1) is 0 Å². The monoisotopic (exact) mass is 343 g/mol. The third kappa shape index (κ3) is 5.47. The molecule has 3 nitrogen and oxygen atoms in total. The molecule has 106 valence electrons. The highest BCUT2D eigenvalue weighted by Gasteiger charge is 2.06. The molecule has 3 N–H and O–H groups in total. The van der Waals surface area contributed by atoms with Gasteiger partial charge in [-0.25, -0.2) is 0 Å². The summed E-state index contributed by atoms with van der Waals surface area (Å²) in [6.45, 7) is 6.39. The summed E-state index contributed by atoms with van der Waals surface area (Å²) < 4.78 is 0.986. The summed E-state index contributed by atoms with van der Waals surface area (Å²) >= 11 is 8.50. The summed E-state index contributed by atoms with van der Waals surface area (Å²) in [7, 11) is 2.14. The Hall–Kier alpha value is -0.650. The summed E-state index contributed by atoms with van der Waals surface area (Å²) in [4.78, 5) is 2.75. The first-order valence-corrected chi connectivity index (χ1v) is 7.65. The molecule has 0 amide bonds. The van der Waals surface area contributed by atoms with Gasteiger partial charge in [0.25, 0.3) is 0 Å². The molecular weight excluding hydrogens is 322 g/mol. The van der Waals surface area contributed by atoms with E-state index in [0.29, 0.717) is 11.0 Å². The lowest BCUT2D eigenvalue weighted by atomic mass is 10.1. The number of nitrogens with zero attached hydrogens (tertiary/aromatic N) is 1. The van der Waals surface area contributed by atoms with Gasteiger partial charge in [0.15, 0.2) is 0 Å². The van der Waals surface area contributed by atoms with Crippen LogP contribution in [0, 0.1) is 0 Å². The topological polar surface area (TPSA) is 41.3 Å². The average molecular weight is 344 g/mol. The fourth-order valence-electron chi connectivity index (χ4n) is 1.68. The van der Waals surface area contributed by atoms with Crippen LogP contribution >= 0.6 is 28.1 Å². The van der Waals surface area contributed by atoms with Crippen molar-refractivity contribution in [3.05, 3.63) is 28.2 Å². The van der Waals surface area contributed by atoms with E-state index >= 15 is 0 Å². The molecule has 0 unspecified atom stereocenters. The first-order chi connectivity index (χ1) is 8.91. The molecule has 1 aromatic rings. The molecule has 0 aromatic heterocycles. The molecule has 5 heteroatoms. The molecule has 0 aliphatic heterocycles. The van der Waals surface area contributed by atoms with Gasteiger partial charge in [0.05, 0.1) is 0 Å². The molecule has 1 aromatic carbocycles. The van der Waals surface area contributed by atoms with Crippen LogP contribution in [0.4, 0.5) is 5.69 Å². The number of anilines is 1. The van der Waals surface area contributed by atoms with E-state index in [1.54, 1.807) is 0 Å². The number of hydrogen-bond donors (Lipinski definition) is 2. The van der Waals surface area contributed by atoms with E-state index in [4.69, 9.17) is 18.0 Å². The predicted octanol–water partition coefficient (Wildman–Crippen LogP) is 3.23. The molecule has 0 radical (unpaired) electrons. The van der Waals surface area contributed by atoms with Crippen LogP contribution in [0.5, 0.6) is 0 Å². The molecule has 0 aliphatic rings. The maximum Gasteiger partial charge on any atom is 0.106 e. The van der Waals surface area contributed by atoms with Crippen LogP contribution in [0.25, 0.3) is 0 Å². The van der Waals surface area contributed by atoms with Gasteiger partial charge >= 0.3 is 0 Å². The zero-order valence-electron chi connectivity index (χ0n) is 11.7. The molecule has 0 fully saturated rings. The van der Waals surface area contributed by atoms with Crippen molar-refractivity contribution in [1.82, 2.24) is 4.90 Å². The van der Waals surface area contributed by atoms with Crippen LogP contribution in [0.15, 0.2) is 22.7 Å². The van der Waals surface area contributed by atoms with Crippen LogP contribution < -0.4 is 11.1 Å². The Morgan fingerprint density at radius 3 is 2.74 bits per heavy atom. The van der Waals surface area contributed by atoms with Crippen molar-refractivity contribution in [1.29, 1.82) is 0 Å². The van der Waals surface area contributed by atoms with Gasteiger partial charge in [-0.3, -0.25) is 0 Å². The SMILES string of the molecule is CC(C)N(C)CCCNc1ccc(Br)cc1C(N)=S. The Bertz CT molecular complexity index is 435. The number of nitrogens with two attached hydrogens (primary N) is 1. The normalized spacial score (nSPS) is 11.1. The minimum atomic E-state index is 0.420. The van der Waals surface area contributed by atoms with Crippen LogP contribution in [-0.4, -0.2) is 36.1 Å². The predicted molar refractivity (Wildman–Crippen MR) is 90.9 cm³/mol. The van der Waals surface area contributed by atoms with Gasteiger partial charge in [-0.2, -0.15) is 0 Å². The number of hydrogen-bond acceptors (Lipinski definition) is 3. The summed E-state index contributed by atoms with van der Waals surface area (Å²) in [5, 5.41) is 3.40. The van der Waals surface area contributed by atoms with E-state index in [9.17, 15) is 0 Å². The van der Waals surface area contributed by atoms with Crippen molar-refractivity contribution in [3.63, 3.8) is 0 Å². The molecule has 0 bridgehead atoms. The summed E-state index contributed by atoms with van der Waals surface area (Å²) in [5.41, 5.74) is 7.63. The zero-order valence-corrected chi connectivity index (χ0v) is 14.1. The fraction of sp³-hybridized carbons (Fsp3) is 0.500. The summed E-state index contributed by atoms with van der Waals surface area (Å²) in [6.07, 6.45) is 1.08. The number of benzene rings is 1. The van der Waals surface area contributed by atoms with Crippen molar-refractivity contribution in [2.24, 2.45) is 5.73 Å². The van der Waals surface area contributed by atoms with E-state index in [1.165, 1.54) is 0 Å². The van der Waals surface area contributed by atoms with Crippen molar-refractivity contribution in [2.45, 2.75) is 26.3 Å². The van der Waals surface area contributed by atoms with Gasteiger partial charge in [0, 0.05) is 28.3 Å². The quantitative estimate of drug-likeness (QED) is 0.589. The van der Waals surface area contributed by atoms with E-state index in [0.717, 1.165) is 35.2 Å². The molecule has 1 rings (SSSR count). The van der Waals surface area contributed by atoms with Gasteiger partial charge in [0.2, 0.25) is 0 Å². The highest BCUT2D eigenvalue weighted by molar-refractivity contribution is 9.10. The Labute approximate surface area is 129 Å². The minimum Gasteiger partial charge on any atom is -0.389 e. The van der Waals surface area contributed by atoms with Gasteiger partial charge in [0.1, 0.15) is 4.99 Å². The maximum absolute atomic E-state index is 5.74. The first-order valence-electron chi connectivity index (χ1n) is 6.45. The van der Waals surface area contributed by atoms with E-state index < -0.39 is 0 Å². The lowest BCUT2D eigenvalue weighted by Gasteiger charge is -2.21. The van der Waals surface area contributed by atoms with E-state index in [-0.39, 0.29) is 0 Å². The van der Waals surface area contributed by atoms with Crippen molar-refractivity contribution >= 4 is 38.8 Å².